The van der Waals surface area contributed by atoms with Gasteiger partial charge in [-0.05, 0) is 31.9 Å². The number of aryl methyl sites for hydroxylation is 1. The second-order valence-electron chi connectivity index (χ2n) is 6.31. The molecule has 0 spiro atoms. The minimum Gasteiger partial charge on any atom is -0.337 e. The number of amides is 1. The first-order valence-electron chi connectivity index (χ1n) is 8.62. The Morgan fingerprint density at radius 1 is 1.00 bits per heavy atom. The molecule has 0 aliphatic carbocycles. The van der Waals surface area contributed by atoms with Gasteiger partial charge in [0.05, 0.1) is 5.69 Å². The second-order valence-corrected chi connectivity index (χ2v) is 6.31. The Bertz CT molecular complexity index is 760. The highest BCUT2D eigenvalue weighted by Gasteiger charge is 2.22. The number of nitrogens with zero attached hydrogens (tertiary/aromatic N) is 3. The normalized spacial score (nSPS) is 15.6. The standard InChI is InChI=1S/C19H23N3O2/c1-15-14-17(23)18(20-22(15)16-10-6-5-7-11-16)19(24)21-12-8-3-2-4-9-13-21/h5-7,10-11,14H,2-4,8-9,12-13H2,1H3. The third-order valence-corrected chi connectivity index (χ3v) is 4.45. The lowest BCUT2D eigenvalue weighted by Crippen LogP contribution is -2.38. The van der Waals surface area contributed by atoms with Gasteiger partial charge < -0.3 is 4.90 Å². The van der Waals surface area contributed by atoms with Gasteiger partial charge in [-0.25, -0.2) is 4.68 Å². The number of carbonyl (C=O) groups excluding carboxylic acids is 1. The molecule has 24 heavy (non-hydrogen) atoms. The molecule has 0 unspecified atom stereocenters. The highest BCUT2D eigenvalue weighted by atomic mass is 16.2. The van der Waals surface area contributed by atoms with Crippen LogP contribution in [0.1, 0.15) is 48.3 Å². The lowest BCUT2D eigenvalue weighted by molar-refractivity contribution is 0.0733. The Labute approximate surface area is 141 Å². The SMILES string of the molecule is Cc1cc(=O)c(C(=O)N2CCCCCCC2)nn1-c1ccccc1. The van der Waals surface area contributed by atoms with Gasteiger partial charge in [-0.15, -0.1) is 0 Å². The average molecular weight is 325 g/mol. The van der Waals surface area contributed by atoms with E-state index < -0.39 is 0 Å². The molecule has 1 aliphatic heterocycles. The highest BCUT2D eigenvalue weighted by Crippen LogP contribution is 2.13. The Morgan fingerprint density at radius 2 is 1.62 bits per heavy atom. The van der Waals surface area contributed by atoms with Crippen molar-refractivity contribution in [3.8, 4) is 5.69 Å². The number of hydrogen-bond donors (Lipinski definition) is 0. The fourth-order valence-electron chi connectivity index (χ4n) is 3.13. The average Bonchev–Trinajstić information content (AvgIpc) is 2.55. The first-order valence-corrected chi connectivity index (χ1v) is 8.62. The first kappa shape index (κ1) is 16.4. The van der Waals surface area contributed by atoms with Gasteiger partial charge in [-0.1, -0.05) is 37.5 Å². The van der Waals surface area contributed by atoms with Gasteiger partial charge >= 0.3 is 0 Å². The molecule has 0 saturated carbocycles. The molecular weight excluding hydrogens is 302 g/mol. The minimum atomic E-state index is -0.299. The molecule has 1 aromatic heterocycles. The van der Waals surface area contributed by atoms with Crippen LogP contribution in [0.4, 0.5) is 0 Å². The molecule has 1 aliphatic rings. The van der Waals surface area contributed by atoms with E-state index in [9.17, 15) is 9.59 Å². The van der Waals surface area contributed by atoms with Crippen molar-refractivity contribution in [2.45, 2.75) is 39.0 Å². The number of rotatable bonds is 2. The lowest BCUT2D eigenvalue weighted by Gasteiger charge is -2.24. The summed E-state index contributed by atoms with van der Waals surface area (Å²) in [5, 5.41) is 4.38. The van der Waals surface area contributed by atoms with Gasteiger partial charge in [0.15, 0.2) is 5.69 Å². The topological polar surface area (TPSA) is 55.2 Å². The molecule has 1 amide bonds. The number of benzene rings is 1. The van der Waals surface area contributed by atoms with Gasteiger partial charge in [0.25, 0.3) is 5.91 Å². The van der Waals surface area contributed by atoms with E-state index in [4.69, 9.17) is 0 Å². The monoisotopic (exact) mass is 325 g/mol. The van der Waals surface area contributed by atoms with Gasteiger partial charge in [0.2, 0.25) is 5.43 Å². The molecular formula is C19H23N3O2. The van der Waals surface area contributed by atoms with E-state index in [2.05, 4.69) is 5.10 Å². The highest BCUT2D eigenvalue weighted by molar-refractivity contribution is 5.92. The zero-order valence-corrected chi connectivity index (χ0v) is 14.1. The molecule has 126 valence electrons. The summed E-state index contributed by atoms with van der Waals surface area (Å²) in [4.78, 5) is 27.0. The van der Waals surface area contributed by atoms with Gasteiger partial charge in [-0.2, -0.15) is 5.10 Å². The van der Waals surface area contributed by atoms with E-state index in [1.807, 2.05) is 37.3 Å². The Balaban J connectivity index is 1.95. The number of para-hydroxylation sites is 1. The molecule has 1 aromatic carbocycles. The third-order valence-electron chi connectivity index (χ3n) is 4.45. The summed E-state index contributed by atoms with van der Waals surface area (Å²) in [5.41, 5.74) is 1.28. The number of aromatic nitrogens is 2. The van der Waals surface area contributed by atoms with Crippen molar-refractivity contribution in [3.63, 3.8) is 0 Å². The van der Waals surface area contributed by atoms with Crippen LogP contribution in [0.25, 0.3) is 5.69 Å². The van der Waals surface area contributed by atoms with Gasteiger partial charge in [0.1, 0.15) is 0 Å². The fraction of sp³-hybridized carbons (Fsp3) is 0.421. The Kier molecular flexibility index (Phi) is 5.08. The van der Waals surface area contributed by atoms with E-state index in [1.54, 1.807) is 9.58 Å². The molecule has 0 radical (unpaired) electrons. The maximum absolute atomic E-state index is 12.8. The van der Waals surface area contributed by atoms with Crippen LogP contribution in [0.3, 0.4) is 0 Å². The summed E-state index contributed by atoms with van der Waals surface area (Å²) in [5.74, 6) is -0.244. The van der Waals surface area contributed by atoms with Crippen LogP contribution in [-0.2, 0) is 0 Å². The third kappa shape index (κ3) is 3.55. The summed E-state index contributed by atoms with van der Waals surface area (Å²) < 4.78 is 1.67. The van der Waals surface area contributed by atoms with Crippen LogP contribution in [0.5, 0.6) is 0 Å². The summed E-state index contributed by atoms with van der Waals surface area (Å²) in [6, 6.07) is 11.1. The van der Waals surface area contributed by atoms with E-state index in [1.165, 1.54) is 12.5 Å². The van der Waals surface area contributed by atoms with E-state index in [0.717, 1.165) is 37.1 Å². The number of likely N-dealkylation sites (tertiary alicyclic amines) is 1. The molecule has 1 saturated heterocycles. The summed E-state index contributed by atoms with van der Waals surface area (Å²) in [6.07, 6.45) is 5.49. The summed E-state index contributed by atoms with van der Waals surface area (Å²) in [7, 11) is 0. The van der Waals surface area contributed by atoms with Crippen LogP contribution in [0.2, 0.25) is 0 Å². The van der Waals surface area contributed by atoms with Crippen molar-refractivity contribution in [2.75, 3.05) is 13.1 Å². The minimum absolute atomic E-state index is 0.0185. The van der Waals surface area contributed by atoms with E-state index in [0.29, 0.717) is 13.1 Å². The van der Waals surface area contributed by atoms with Crippen LogP contribution >= 0.6 is 0 Å². The molecule has 5 heteroatoms. The summed E-state index contributed by atoms with van der Waals surface area (Å²) >= 11 is 0. The fourth-order valence-corrected chi connectivity index (χ4v) is 3.13. The van der Waals surface area contributed by atoms with Gasteiger partial charge in [-0.3, -0.25) is 9.59 Å². The van der Waals surface area contributed by atoms with E-state index in [-0.39, 0.29) is 17.0 Å². The number of hydrogen-bond acceptors (Lipinski definition) is 3. The Hall–Kier alpha value is -2.43. The largest absolute Gasteiger partial charge is 0.337 e. The maximum atomic E-state index is 12.8. The lowest BCUT2D eigenvalue weighted by atomic mass is 10.1. The first-order chi connectivity index (χ1) is 11.7. The van der Waals surface area contributed by atoms with Crippen LogP contribution in [-0.4, -0.2) is 33.7 Å². The quantitative estimate of drug-likeness (QED) is 0.853. The van der Waals surface area contributed by atoms with Crippen molar-refractivity contribution in [1.29, 1.82) is 0 Å². The Morgan fingerprint density at radius 3 is 2.29 bits per heavy atom. The predicted molar refractivity (Wildman–Crippen MR) is 93.6 cm³/mol. The van der Waals surface area contributed by atoms with Crippen LogP contribution < -0.4 is 5.43 Å². The molecule has 0 bridgehead atoms. The van der Waals surface area contributed by atoms with Crippen LogP contribution in [0.15, 0.2) is 41.2 Å². The van der Waals surface area contributed by atoms with Crippen LogP contribution in [0, 0.1) is 6.92 Å². The zero-order chi connectivity index (χ0) is 16.9. The molecule has 1 fully saturated rings. The van der Waals surface area contributed by atoms with Crippen molar-refractivity contribution in [3.05, 3.63) is 58.0 Å². The molecule has 0 atom stereocenters. The van der Waals surface area contributed by atoms with E-state index >= 15 is 0 Å². The molecule has 3 rings (SSSR count). The van der Waals surface area contributed by atoms with Crippen molar-refractivity contribution in [1.82, 2.24) is 14.7 Å². The summed E-state index contributed by atoms with van der Waals surface area (Å²) in [6.45, 7) is 3.24. The molecule has 0 N–H and O–H groups in total. The zero-order valence-electron chi connectivity index (χ0n) is 14.1. The molecule has 2 heterocycles. The second kappa shape index (κ2) is 7.43. The number of carbonyl (C=O) groups is 1. The van der Waals surface area contributed by atoms with Crippen molar-refractivity contribution >= 4 is 5.91 Å². The smallest absolute Gasteiger partial charge is 0.278 e. The predicted octanol–water partition coefficient (Wildman–Crippen LogP) is 2.95. The van der Waals surface area contributed by atoms with Gasteiger partial charge in [0, 0.05) is 24.8 Å². The van der Waals surface area contributed by atoms with Crippen molar-refractivity contribution in [2.24, 2.45) is 0 Å². The molecule has 2 aromatic rings. The van der Waals surface area contributed by atoms with Crippen molar-refractivity contribution < 1.29 is 4.79 Å². The maximum Gasteiger partial charge on any atom is 0.278 e. The molecule has 5 nitrogen and oxygen atoms in total.